The highest BCUT2D eigenvalue weighted by molar-refractivity contribution is 6.22. The number of nitrogens with zero attached hydrogens (tertiary/aromatic N) is 3. The first-order valence-corrected chi connectivity index (χ1v) is 29.2. The first-order chi connectivity index (χ1) is 41.3. The van der Waals surface area contributed by atoms with Crippen molar-refractivity contribution in [2.75, 3.05) is 9.80 Å². The molecule has 84 heavy (non-hydrogen) atoms. The summed E-state index contributed by atoms with van der Waals surface area (Å²) >= 11 is 0. The van der Waals surface area contributed by atoms with Crippen LogP contribution in [0.2, 0.25) is 0 Å². The molecule has 2 aliphatic rings. The van der Waals surface area contributed by atoms with Crippen LogP contribution >= 0.6 is 0 Å². The number of aryl methyl sites for hydroxylation is 4. The standard InChI is InChI=1S/C79H53N3O2/c1-46-38-40-64(48(3)42-46)80(68-34-18-28-58-53-23-10-15-36-72(53)83-77(58)68)70-44-62-74(55-25-7-5-20-50(55)70)75-56-26-8-6-21-51(56)71(81(65-41-39-47(2)43-49(65)4)69-35-19-29-59-54-24-11-16-37-73(54)84-78(59)69)45-63(75)79(62)60-30-12-14-33-67(60)82-66-32-13-9-22-52(66)57-27-17-31-61(79)76(57)82/h5-45H,1-4H3. The molecular weight excluding hydrogens is 1020 g/mol. The van der Waals surface area contributed by atoms with Crippen LogP contribution in [0, 0.1) is 27.7 Å². The summed E-state index contributed by atoms with van der Waals surface area (Å²) in [6, 6.07) is 92.7. The molecule has 0 fully saturated rings. The number of anilines is 6. The van der Waals surface area contributed by atoms with Crippen LogP contribution < -0.4 is 9.80 Å². The van der Waals surface area contributed by atoms with Crippen molar-refractivity contribution in [2.45, 2.75) is 33.1 Å². The molecule has 5 nitrogen and oxygen atoms in total. The summed E-state index contributed by atoms with van der Waals surface area (Å²) < 4.78 is 16.6. The third-order valence-corrected chi connectivity index (χ3v) is 18.7. The Kier molecular flexibility index (Phi) is 9.64. The minimum Gasteiger partial charge on any atom is -0.454 e. The molecule has 5 heteroatoms. The van der Waals surface area contributed by atoms with Crippen molar-refractivity contribution < 1.29 is 8.83 Å². The van der Waals surface area contributed by atoms with E-state index in [2.05, 4.69) is 291 Å². The number of aromatic nitrogens is 1. The number of furan rings is 2. The first-order valence-electron chi connectivity index (χ1n) is 29.2. The maximum absolute atomic E-state index is 7.05. The molecule has 0 saturated carbocycles. The average Bonchev–Trinajstić information content (AvgIpc) is 1.50. The summed E-state index contributed by atoms with van der Waals surface area (Å²) in [5.41, 5.74) is 24.6. The third-order valence-electron chi connectivity index (χ3n) is 18.7. The summed E-state index contributed by atoms with van der Waals surface area (Å²) in [6.45, 7) is 8.87. The fourth-order valence-electron chi connectivity index (χ4n) is 15.3. The zero-order valence-electron chi connectivity index (χ0n) is 46.8. The fraction of sp³-hybridized carbons (Fsp3) is 0.0633. The Hall–Kier alpha value is -10.6. The molecule has 1 aliphatic carbocycles. The van der Waals surface area contributed by atoms with E-state index in [0.29, 0.717) is 0 Å². The largest absolute Gasteiger partial charge is 0.454 e. The van der Waals surface area contributed by atoms with Gasteiger partial charge in [-0.1, -0.05) is 199 Å². The van der Waals surface area contributed by atoms with Crippen LogP contribution in [0.3, 0.4) is 0 Å². The van der Waals surface area contributed by atoms with Gasteiger partial charge in [-0.3, -0.25) is 0 Å². The van der Waals surface area contributed by atoms with E-state index in [1.165, 1.54) is 93.9 Å². The lowest BCUT2D eigenvalue weighted by Crippen LogP contribution is -2.34. The van der Waals surface area contributed by atoms with Gasteiger partial charge in [0, 0.05) is 54.5 Å². The normalized spacial score (nSPS) is 13.1. The molecule has 1 spiro atoms. The van der Waals surface area contributed by atoms with Gasteiger partial charge in [-0.25, -0.2) is 0 Å². The Morgan fingerprint density at radius 1 is 0.310 bits per heavy atom. The molecule has 4 heterocycles. The number of benzene rings is 13. The Morgan fingerprint density at radius 3 is 1.29 bits per heavy atom. The lowest BCUT2D eigenvalue weighted by Gasteiger charge is -2.40. The highest BCUT2D eigenvalue weighted by Gasteiger charge is 2.53. The smallest absolute Gasteiger partial charge is 0.159 e. The van der Waals surface area contributed by atoms with Crippen molar-refractivity contribution in [3.63, 3.8) is 0 Å². The summed E-state index contributed by atoms with van der Waals surface area (Å²) in [4.78, 5) is 5.01. The summed E-state index contributed by atoms with van der Waals surface area (Å²) in [6.07, 6.45) is 0. The summed E-state index contributed by atoms with van der Waals surface area (Å²) in [5, 5.41) is 11.5. The van der Waals surface area contributed by atoms with Gasteiger partial charge < -0.3 is 23.2 Å². The van der Waals surface area contributed by atoms with E-state index in [1.807, 2.05) is 0 Å². The van der Waals surface area contributed by atoms with E-state index >= 15 is 0 Å². The van der Waals surface area contributed by atoms with Gasteiger partial charge in [0.2, 0.25) is 0 Å². The lowest BCUT2D eigenvalue weighted by molar-refractivity contribution is 0.668. The maximum atomic E-state index is 7.05. The molecule has 13 aromatic carbocycles. The Labute approximate surface area is 485 Å². The molecule has 1 aliphatic heterocycles. The molecule has 18 rings (SSSR count). The van der Waals surface area contributed by atoms with E-state index in [1.54, 1.807) is 0 Å². The topological polar surface area (TPSA) is 37.7 Å². The quantitative estimate of drug-likeness (QED) is 0.166. The highest BCUT2D eigenvalue weighted by atomic mass is 16.3. The monoisotopic (exact) mass is 1080 g/mol. The van der Waals surface area contributed by atoms with Gasteiger partial charge in [-0.05, 0) is 144 Å². The molecule has 16 aromatic rings. The molecule has 396 valence electrons. The van der Waals surface area contributed by atoms with Gasteiger partial charge in [-0.2, -0.15) is 0 Å². The van der Waals surface area contributed by atoms with Crippen molar-refractivity contribution >= 4 is 121 Å². The van der Waals surface area contributed by atoms with Crippen LogP contribution in [0.5, 0.6) is 0 Å². The number of rotatable bonds is 6. The molecule has 0 bridgehead atoms. The molecule has 0 N–H and O–H groups in total. The number of hydrogen-bond donors (Lipinski definition) is 0. The Bertz CT molecular complexity index is 5280. The second-order valence-corrected chi connectivity index (χ2v) is 23.3. The zero-order chi connectivity index (χ0) is 55.7. The molecular formula is C79H53N3O2. The molecule has 3 aromatic heterocycles. The van der Waals surface area contributed by atoms with Gasteiger partial charge >= 0.3 is 0 Å². The predicted molar refractivity (Wildman–Crippen MR) is 350 cm³/mol. The van der Waals surface area contributed by atoms with Crippen molar-refractivity contribution in [3.05, 3.63) is 293 Å². The summed E-state index contributed by atoms with van der Waals surface area (Å²) in [7, 11) is 0. The van der Waals surface area contributed by atoms with Crippen LogP contribution in [0.1, 0.15) is 44.5 Å². The SMILES string of the molecule is Cc1ccc(N(c2cc3c(c4ccccc24)-c2c(cc(N(c4ccc(C)cc4C)c4cccc5c4oc4ccccc45)c4ccccc24)C32c3ccccc3-n3c4ccccc4c4cccc2c43)c2cccc3c2oc2ccccc23)c(C)c1. The minimum atomic E-state index is -0.874. The zero-order valence-corrected chi connectivity index (χ0v) is 46.8. The van der Waals surface area contributed by atoms with Gasteiger partial charge in [-0.15, -0.1) is 0 Å². The van der Waals surface area contributed by atoms with E-state index in [9.17, 15) is 0 Å². The molecule has 0 saturated heterocycles. The third kappa shape index (κ3) is 6.17. The van der Waals surface area contributed by atoms with Gasteiger partial charge in [0.1, 0.15) is 11.2 Å². The fourth-order valence-corrected chi connectivity index (χ4v) is 15.3. The van der Waals surface area contributed by atoms with Crippen LogP contribution in [0.15, 0.2) is 258 Å². The van der Waals surface area contributed by atoms with E-state index in [-0.39, 0.29) is 0 Å². The molecule has 0 radical (unpaired) electrons. The second-order valence-electron chi connectivity index (χ2n) is 23.3. The number of hydrogen-bond acceptors (Lipinski definition) is 4. The highest BCUT2D eigenvalue weighted by Crippen LogP contribution is 2.66. The van der Waals surface area contributed by atoms with Gasteiger partial charge in [0.25, 0.3) is 0 Å². The Balaban J connectivity index is 1.04. The van der Waals surface area contributed by atoms with Crippen LogP contribution in [-0.4, -0.2) is 4.57 Å². The van der Waals surface area contributed by atoms with Gasteiger partial charge in [0.15, 0.2) is 11.2 Å². The first kappa shape index (κ1) is 47.1. The van der Waals surface area contributed by atoms with Crippen molar-refractivity contribution in [1.82, 2.24) is 4.57 Å². The van der Waals surface area contributed by atoms with E-state index in [0.717, 1.165) is 88.8 Å². The van der Waals surface area contributed by atoms with Crippen LogP contribution in [0.25, 0.3) is 104 Å². The molecule has 0 atom stereocenters. The predicted octanol–water partition coefficient (Wildman–Crippen LogP) is 21.7. The maximum Gasteiger partial charge on any atom is 0.159 e. The molecule has 0 amide bonds. The summed E-state index contributed by atoms with van der Waals surface area (Å²) in [5.74, 6) is 0. The van der Waals surface area contributed by atoms with Crippen molar-refractivity contribution in [2.24, 2.45) is 0 Å². The van der Waals surface area contributed by atoms with Gasteiger partial charge in [0.05, 0.1) is 44.9 Å². The molecule has 0 unspecified atom stereocenters. The number of para-hydroxylation sites is 7. The van der Waals surface area contributed by atoms with E-state index < -0.39 is 5.41 Å². The van der Waals surface area contributed by atoms with Crippen molar-refractivity contribution in [1.29, 1.82) is 0 Å². The van der Waals surface area contributed by atoms with E-state index in [4.69, 9.17) is 8.83 Å². The second kappa shape index (κ2) is 17.2. The minimum absolute atomic E-state index is 0.847. The average molecular weight is 1080 g/mol. The van der Waals surface area contributed by atoms with Crippen LogP contribution in [-0.2, 0) is 5.41 Å². The van der Waals surface area contributed by atoms with Crippen molar-refractivity contribution in [3.8, 4) is 16.8 Å². The number of fused-ring (bicyclic) bond motifs is 22. The van der Waals surface area contributed by atoms with Crippen LogP contribution in [0.4, 0.5) is 34.1 Å². The Morgan fingerprint density at radius 2 is 0.738 bits per heavy atom. The lowest BCUT2D eigenvalue weighted by atomic mass is 9.65.